The van der Waals surface area contributed by atoms with Gasteiger partial charge in [0.25, 0.3) is 0 Å². The third kappa shape index (κ3) is 4.85. The minimum atomic E-state index is 0.0555. The first-order valence-electron chi connectivity index (χ1n) is 4.81. The lowest BCUT2D eigenvalue weighted by Gasteiger charge is -2.14. The molecule has 15 heavy (non-hydrogen) atoms. The molecule has 0 saturated carbocycles. The van der Waals surface area contributed by atoms with Gasteiger partial charge in [0.05, 0.1) is 5.75 Å². The van der Waals surface area contributed by atoms with E-state index in [4.69, 9.17) is 0 Å². The zero-order valence-corrected chi connectivity index (χ0v) is 9.88. The first-order valence-corrected chi connectivity index (χ1v) is 5.75. The van der Waals surface area contributed by atoms with Crippen LogP contribution in [-0.2, 0) is 11.3 Å². The summed E-state index contributed by atoms with van der Waals surface area (Å²) in [6.45, 7) is 0.850. The van der Waals surface area contributed by atoms with Crippen LogP contribution >= 0.6 is 11.9 Å². The third-order valence-electron chi connectivity index (χ3n) is 1.94. The van der Waals surface area contributed by atoms with Gasteiger partial charge in [-0.25, -0.2) is 4.31 Å². The van der Waals surface area contributed by atoms with Crippen molar-refractivity contribution < 1.29 is 4.79 Å². The molecule has 0 unspecified atom stereocenters. The Kier molecular flexibility index (Phi) is 5.21. The van der Waals surface area contributed by atoms with Gasteiger partial charge in [0, 0.05) is 13.6 Å². The summed E-state index contributed by atoms with van der Waals surface area (Å²) in [5.41, 5.74) is 1.25. The van der Waals surface area contributed by atoms with Crippen molar-refractivity contribution in [2.75, 3.05) is 19.8 Å². The number of carbonyl (C=O) groups is 1. The summed E-state index contributed by atoms with van der Waals surface area (Å²) < 4.78 is 2.06. The molecule has 0 aliphatic rings. The van der Waals surface area contributed by atoms with Crippen LogP contribution in [0.1, 0.15) is 5.56 Å². The maximum Gasteiger partial charge on any atom is 0.231 e. The predicted octanol–water partition coefficient (Wildman–Crippen LogP) is 1.51. The highest BCUT2D eigenvalue weighted by molar-refractivity contribution is 7.97. The molecule has 0 bridgehead atoms. The maximum absolute atomic E-state index is 11.0. The lowest BCUT2D eigenvalue weighted by Crippen LogP contribution is -2.22. The highest BCUT2D eigenvalue weighted by Gasteiger charge is 2.03. The lowest BCUT2D eigenvalue weighted by molar-refractivity contribution is -0.118. The Morgan fingerprint density at radius 1 is 1.40 bits per heavy atom. The van der Waals surface area contributed by atoms with Crippen molar-refractivity contribution in [2.24, 2.45) is 0 Å². The van der Waals surface area contributed by atoms with Gasteiger partial charge in [-0.05, 0) is 12.6 Å². The summed E-state index contributed by atoms with van der Waals surface area (Å²) in [6.07, 6.45) is 0. The van der Waals surface area contributed by atoms with Crippen LogP contribution in [0.5, 0.6) is 0 Å². The van der Waals surface area contributed by atoms with Crippen LogP contribution in [0.3, 0.4) is 0 Å². The molecule has 0 radical (unpaired) electrons. The molecule has 0 fully saturated rings. The molecule has 82 valence electrons. The van der Waals surface area contributed by atoms with Gasteiger partial charge < -0.3 is 5.32 Å². The van der Waals surface area contributed by atoms with Gasteiger partial charge in [0.2, 0.25) is 5.91 Å². The Labute approximate surface area is 95.0 Å². The Morgan fingerprint density at radius 3 is 2.67 bits per heavy atom. The van der Waals surface area contributed by atoms with Crippen molar-refractivity contribution in [3.8, 4) is 0 Å². The molecule has 1 aromatic carbocycles. The third-order valence-corrected chi connectivity index (χ3v) is 2.90. The minimum absolute atomic E-state index is 0.0555. The second-order valence-electron chi connectivity index (χ2n) is 3.22. The monoisotopic (exact) mass is 224 g/mol. The topological polar surface area (TPSA) is 32.3 Å². The summed E-state index contributed by atoms with van der Waals surface area (Å²) in [5.74, 6) is 0.528. The average Bonchev–Trinajstić information content (AvgIpc) is 2.27. The van der Waals surface area contributed by atoms with Crippen LogP contribution in [0.2, 0.25) is 0 Å². The quantitative estimate of drug-likeness (QED) is 0.770. The Morgan fingerprint density at radius 2 is 2.07 bits per heavy atom. The van der Waals surface area contributed by atoms with E-state index in [1.807, 2.05) is 25.2 Å². The second-order valence-corrected chi connectivity index (χ2v) is 4.39. The molecule has 3 nitrogen and oxygen atoms in total. The van der Waals surface area contributed by atoms with E-state index in [0.717, 1.165) is 6.54 Å². The molecule has 0 heterocycles. The SMILES string of the molecule is CNC(=O)CSN(C)Cc1ccccc1. The zero-order chi connectivity index (χ0) is 11.1. The van der Waals surface area contributed by atoms with E-state index in [0.29, 0.717) is 5.75 Å². The molecule has 4 heteroatoms. The number of amides is 1. The van der Waals surface area contributed by atoms with Crippen LogP contribution in [-0.4, -0.2) is 30.1 Å². The summed E-state index contributed by atoms with van der Waals surface area (Å²) in [4.78, 5) is 11.0. The van der Waals surface area contributed by atoms with Gasteiger partial charge in [-0.3, -0.25) is 4.79 Å². The van der Waals surface area contributed by atoms with E-state index in [2.05, 4.69) is 21.8 Å². The summed E-state index contributed by atoms with van der Waals surface area (Å²) >= 11 is 1.53. The molecular formula is C11H16N2OS. The van der Waals surface area contributed by atoms with Crippen LogP contribution in [0.15, 0.2) is 30.3 Å². The molecule has 1 N–H and O–H groups in total. The van der Waals surface area contributed by atoms with Crippen molar-refractivity contribution in [3.05, 3.63) is 35.9 Å². The summed E-state index contributed by atoms with van der Waals surface area (Å²) in [5, 5.41) is 2.60. The molecule has 0 aliphatic carbocycles. The minimum Gasteiger partial charge on any atom is -0.358 e. The first kappa shape index (κ1) is 12.1. The van der Waals surface area contributed by atoms with Crippen molar-refractivity contribution in [1.82, 2.24) is 9.62 Å². The first-order chi connectivity index (χ1) is 7.22. The summed E-state index contributed by atoms with van der Waals surface area (Å²) in [7, 11) is 3.64. The van der Waals surface area contributed by atoms with Crippen molar-refractivity contribution in [2.45, 2.75) is 6.54 Å². The Hall–Kier alpha value is -1.00. The second kappa shape index (κ2) is 6.48. The lowest BCUT2D eigenvalue weighted by atomic mass is 10.2. The molecular weight excluding hydrogens is 208 g/mol. The fourth-order valence-electron chi connectivity index (χ4n) is 1.13. The highest BCUT2D eigenvalue weighted by Crippen LogP contribution is 2.11. The van der Waals surface area contributed by atoms with Crippen LogP contribution < -0.4 is 5.32 Å². The average molecular weight is 224 g/mol. The zero-order valence-electron chi connectivity index (χ0n) is 9.06. The van der Waals surface area contributed by atoms with Gasteiger partial charge in [-0.2, -0.15) is 0 Å². The van der Waals surface area contributed by atoms with E-state index in [-0.39, 0.29) is 5.91 Å². The maximum atomic E-state index is 11.0. The number of benzene rings is 1. The standard InChI is InChI=1S/C11H16N2OS/c1-12-11(14)9-15-13(2)8-10-6-4-3-5-7-10/h3-7H,8-9H2,1-2H3,(H,12,14). The summed E-state index contributed by atoms with van der Waals surface area (Å²) in [6, 6.07) is 10.2. The van der Waals surface area contributed by atoms with Gasteiger partial charge in [0.1, 0.15) is 0 Å². The largest absolute Gasteiger partial charge is 0.358 e. The molecule has 0 aromatic heterocycles. The molecule has 1 rings (SSSR count). The van der Waals surface area contributed by atoms with Crippen molar-refractivity contribution in [1.29, 1.82) is 0 Å². The van der Waals surface area contributed by atoms with Crippen molar-refractivity contribution in [3.63, 3.8) is 0 Å². The Bertz CT molecular complexity index is 303. The van der Waals surface area contributed by atoms with E-state index < -0.39 is 0 Å². The number of hydrogen-bond acceptors (Lipinski definition) is 3. The van der Waals surface area contributed by atoms with Gasteiger partial charge >= 0.3 is 0 Å². The molecule has 1 aromatic rings. The predicted molar refractivity (Wildman–Crippen MR) is 64.4 cm³/mol. The van der Waals surface area contributed by atoms with Gasteiger partial charge in [-0.15, -0.1) is 0 Å². The number of rotatable bonds is 5. The normalized spacial score (nSPS) is 10.3. The molecule has 1 amide bonds. The number of hydrogen-bond donors (Lipinski definition) is 1. The van der Waals surface area contributed by atoms with Crippen LogP contribution in [0.25, 0.3) is 0 Å². The number of carbonyl (C=O) groups excluding carboxylic acids is 1. The fraction of sp³-hybridized carbons (Fsp3) is 0.364. The van der Waals surface area contributed by atoms with Gasteiger partial charge in [-0.1, -0.05) is 42.3 Å². The Balaban J connectivity index is 2.30. The van der Waals surface area contributed by atoms with E-state index in [1.165, 1.54) is 17.5 Å². The highest BCUT2D eigenvalue weighted by atomic mass is 32.2. The van der Waals surface area contributed by atoms with Crippen LogP contribution in [0.4, 0.5) is 0 Å². The molecule has 0 saturated heterocycles. The van der Waals surface area contributed by atoms with E-state index in [9.17, 15) is 4.79 Å². The van der Waals surface area contributed by atoms with Crippen LogP contribution in [0, 0.1) is 0 Å². The van der Waals surface area contributed by atoms with E-state index >= 15 is 0 Å². The van der Waals surface area contributed by atoms with E-state index in [1.54, 1.807) is 7.05 Å². The smallest absolute Gasteiger partial charge is 0.231 e. The molecule has 0 atom stereocenters. The number of nitrogens with zero attached hydrogens (tertiary/aromatic N) is 1. The van der Waals surface area contributed by atoms with Gasteiger partial charge in [0.15, 0.2) is 0 Å². The molecule has 0 aliphatic heterocycles. The molecule has 0 spiro atoms. The van der Waals surface area contributed by atoms with Crippen molar-refractivity contribution >= 4 is 17.9 Å². The fourth-order valence-corrected chi connectivity index (χ4v) is 1.85. The number of nitrogens with one attached hydrogen (secondary N) is 1.